The molecule has 0 saturated heterocycles. The highest BCUT2D eigenvalue weighted by Crippen LogP contribution is 2.26. The Morgan fingerprint density at radius 2 is 1.88 bits per heavy atom. The van der Waals surface area contributed by atoms with Crippen molar-refractivity contribution in [1.29, 1.82) is 0 Å². The van der Waals surface area contributed by atoms with E-state index in [2.05, 4.69) is 25.2 Å². The summed E-state index contributed by atoms with van der Waals surface area (Å²) < 4.78 is 0. The molecule has 0 bridgehead atoms. The van der Waals surface area contributed by atoms with Crippen molar-refractivity contribution < 1.29 is 0 Å². The first kappa shape index (κ1) is 14.8. The molecule has 0 aliphatic rings. The average molecular weight is 274 g/mol. The minimum Gasteiger partial charge on any atom is -0.310 e. The maximum absolute atomic E-state index is 6.04. The highest BCUT2D eigenvalue weighted by Gasteiger charge is 2.09. The largest absolute Gasteiger partial charge is 0.310 e. The van der Waals surface area contributed by atoms with Crippen LogP contribution in [0.4, 0.5) is 0 Å². The van der Waals surface area contributed by atoms with Crippen LogP contribution >= 0.6 is 23.2 Å². The van der Waals surface area contributed by atoms with Gasteiger partial charge in [-0.15, -0.1) is 0 Å². The van der Waals surface area contributed by atoms with Crippen molar-refractivity contribution in [2.45, 2.75) is 45.6 Å². The molecule has 1 unspecified atom stereocenters. The number of nitrogens with one attached hydrogen (secondary N) is 1. The Bertz CT molecular complexity index is 339. The second kappa shape index (κ2) is 7.97. The SMILES string of the molecule is CCCCCNC(CC)c1ccc(Cl)c(Cl)c1. The van der Waals surface area contributed by atoms with Crippen LogP contribution in [0.5, 0.6) is 0 Å². The molecule has 0 amide bonds. The molecule has 0 fully saturated rings. The van der Waals surface area contributed by atoms with E-state index in [4.69, 9.17) is 23.2 Å². The van der Waals surface area contributed by atoms with Crippen molar-refractivity contribution in [2.75, 3.05) is 6.54 Å². The Kier molecular flexibility index (Phi) is 6.94. The molecular formula is C14H21Cl2N. The molecule has 1 rings (SSSR count). The van der Waals surface area contributed by atoms with Gasteiger partial charge >= 0.3 is 0 Å². The molecule has 3 heteroatoms. The molecule has 17 heavy (non-hydrogen) atoms. The second-order valence-electron chi connectivity index (χ2n) is 4.30. The first-order chi connectivity index (χ1) is 8.19. The fraction of sp³-hybridized carbons (Fsp3) is 0.571. The smallest absolute Gasteiger partial charge is 0.0595 e. The molecule has 1 N–H and O–H groups in total. The summed E-state index contributed by atoms with van der Waals surface area (Å²) in [6.45, 7) is 5.46. The summed E-state index contributed by atoms with van der Waals surface area (Å²) in [4.78, 5) is 0. The molecule has 0 saturated carbocycles. The summed E-state index contributed by atoms with van der Waals surface area (Å²) in [5.74, 6) is 0. The highest BCUT2D eigenvalue weighted by molar-refractivity contribution is 6.42. The van der Waals surface area contributed by atoms with E-state index in [9.17, 15) is 0 Å². The maximum Gasteiger partial charge on any atom is 0.0595 e. The van der Waals surface area contributed by atoms with Gasteiger partial charge in [-0.3, -0.25) is 0 Å². The lowest BCUT2D eigenvalue weighted by Gasteiger charge is -2.18. The Morgan fingerprint density at radius 3 is 2.47 bits per heavy atom. The van der Waals surface area contributed by atoms with Gasteiger partial charge in [0.25, 0.3) is 0 Å². The summed E-state index contributed by atoms with van der Waals surface area (Å²) in [6.07, 6.45) is 4.83. The predicted molar refractivity (Wildman–Crippen MR) is 77.0 cm³/mol. The topological polar surface area (TPSA) is 12.0 Å². The fourth-order valence-electron chi connectivity index (χ4n) is 1.88. The van der Waals surface area contributed by atoms with E-state index in [1.54, 1.807) is 0 Å². The zero-order valence-corrected chi connectivity index (χ0v) is 12.1. The van der Waals surface area contributed by atoms with Gasteiger partial charge in [-0.2, -0.15) is 0 Å². The van der Waals surface area contributed by atoms with Gasteiger partial charge in [0.1, 0.15) is 0 Å². The Balaban J connectivity index is 2.56. The first-order valence-corrected chi connectivity index (χ1v) is 7.13. The van der Waals surface area contributed by atoms with Gasteiger partial charge in [0.15, 0.2) is 0 Å². The third kappa shape index (κ3) is 4.87. The molecule has 1 aromatic rings. The van der Waals surface area contributed by atoms with Gasteiger partial charge in [-0.1, -0.05) is 56.0 Å². The average Bonchev–Trinajstić information content (AvgIpc) is 2.33. The van der Waals surface area contributed by atoms with E-state index in [0.717, 1.165) is 13.0 Å². The number of benzene rings is 1. The normalized spacial score (nSPS) is 12.7. The lowest BCUT2D eigenvalue weighted by atomic mass is 10.0. The lowest BCUT2D eigenvalue weighted by Crippen LogP contribution is -2.21. The molecule has 1 nitrogen and oxygen atoms in total. The molecule has 96 valence electrons. The van der Waals surface area contributed by atoms with Crippen molar-refractivity contribution in [1.82, 2.24) is 5.32 Å². The third-order valence-electron chi connectivity index (χ3n) is 2.93. The van der Waals surface area contributed by atoms with Crippen molar-refractivity contribution in [3.63, 3.8) is 0 Å². The van der Waals surface area contributed by atoms with Crippen LogP contribution in [-0.2, 0) is 0 Å². The van der Waals surface area contributed by atoms with Crippen LogP contribution in [0.25, 0.3) is 0 Å². The standard InChI is InChI=1S/C14H21Cl2N/c1-3-5-6-9-17-14(4-2)11-7-8-12(15)13(16)10-11/h7-8,10,14,17H,3-6,9H2,1-2H3. The van der Waals surface area contributed by atoms with Gasteiger partial charge < -0.3 is 5.32 Å². The quantitative estimate of drug-likeness (QED) is 0.672. The van der Waals surface area contributed by atoms with Gasteiger partial charge in [-0.25, -0.2) is 0 Å². The minimum absolute atomic E-state index is 0.377. The van der Waals surface area contributed by atoms with Crippen molar-refractivity contribution in [3.05, 3.63) is 33.8 Å². The van der Waals surface area contributed by atoms with E-state index in [1.807, 2.05) is 12.1 Å². The van der Waals surface area contributed by atoms with Crippen LogP contribution < -0.4 is 5.32 Å². The fourth-order valence-corrected chi connectivity index (χ4v) is 2.18. The molecule has 0 radical (unpaired) electrons. The van der Waals surface area contributed by atoms with Crippen molar-refractivity contribution in [3.8, 4) is 0 Å². The molecule has 0 heterocycles. The monoisotopic (exact) mass is 273 g/mol. The van der Waals surface area contributed by atoms with Crippen LogP contribution in [0.3, 0.4) is 0 Å². The molecule has 1 aromatic carbocycles. The first-order valence-electron chi connectivity index (χ1n) is 6.37. The van der Waals surface area contributed by atoms with Crippen LogP contribution in [0.15, 0.2) is 18.2 Å². The number of hydrogen-bond donors (Lipinski definition) is 1. The number of rotatable bonds is 7. The lowest BCUT2D eigenvalue weighted by molar-refractivity contribution is 0.501. The van der Waals surface area contributed by atoms with Crippen LogP contribution in [0, 0.1) is 0 Å². The zero-order valence-electron chi connectivity index (χ0n) is 10.6. The minimum atomic E-state index is 0.377. The summed E-state index contributed by atoms with van der Waals surface area (Å²) in [6, 6.07) is 6.26. The van der Waals surface area contributed by atoms with Crippen LogP contribution in [0.2, 0.25) is 10.0 Å². The molecule has 1 atom stereocenters. The highest BCUT2D eigenvalue weighted by atomic mass is 35.5. The van der Waals surface area contributed by atoms with Gasteiger partial charge in [0, 0.05) is 6.04 Å². The summed E-state index contributed by atoms with van der Waals surface area (Å²) in [5.41, 5.74) is 1.22. The predicted octanol–water partition coefficient (Wildman–Crippen LogP) is 5.22. The van der Waals surface area contributed by atoms with Crippen LogP contribution in [0.1, 0.15) is 51.1 Å². The van der Waals surface area contributed by atoms with Crippen molar-refractivity contribution in [2.24, 2.45) is 0 Å². The molecule has 0 aliphatic heterocycles. The number of hydrogen-bond acceptors (Lipinski definition) is 1. The van der Waals surface area contributed by atoms with E-state index in [1.165, 1.54) is 24.8 Å². The number of unbranched alkanes of at least 4 members (excludes halogenated alkanes) is 2. The molecule has 0 aliphatic carbocycles. The molecule has 0 spiro atoms. The van der Waals surface area contributed by atoms with Crippen molar-refractivity contribution >= 4 is 23.2 Å². The summed E-state index contributed by atoms with van der Waals surface area (Å²) in [7, 11) is 0. The van der Waals surface area contributed by atoms with E-state index in [0.29, 0.717) is 16.1 Å². The Morgan fingerprint density at radius 1 is 1.12 bits per heavy atom. The number of halogens is 2. The zero-order chi connectivity index (χ0) is 12.7. The van der Waals surface area contributed by atoms with E-state index >= 15 is 0 Å². The Labute approximate surface area is 115 Å². The maximum atomic E-state index is 6.04. The van der Waals surface area contributed by atoms with Gasteiger partial charge in [0.2, 0.25) is 0 Å². The Hall–Kier alpha value is -0.240. The molecule has 0 aromatic heterocycles. The summed E-state index contributed by atoms with van der Waals surface area (Å²) in [5, 5.41) is 4.82. The van der Waals surface area contributed by atoms with Gasteiger partial charge in [0.05, 0.1) is 10.0 Å². The van der Waals surface area contributed by atoms with E-state index < -0.39 is 0 Å². The summed E-state index contributed by atoms with van der Waals surface area (Å²) >= 11 is 12.0. The third-order valence-corrected chi connectivity index (χ3v) is 3.66. The van der Waals surface area contributed by atoms with Crippen LogP contribution in [-0.4, -0.2) is 6.54 Å². The van der Waals surface area contributed by atoms with Gasteiger partial charge in [-0.05, 0) is 37.1 Å². The van der Waals surface area contributed by atoms with E-state index in [-0.39, 0.29) is 0 Å². The second-order valence-corrected chi connectivity index (χ2v) is 5.11. The molecular weight excluding hydrogens is 253 g/mol.